The molecule has 2 aromatic rings. The Kier molecular flexibility index (Phi) is 6.23. The van der Waals surface area contributed by atoms with E-state index in [0.29, 0.717) is 18.7 Å². The van der Waals surface area contributed by atoms with Gasteiger partial charge in [0, 0.05) is 18.7 Å². The maximum absolute atomic E-state index is 13.1. The van der Waals surface area contributed by atoms with Crippen molar-refractivity contribution in [3.05, 3.63) is 76.4 Å². The largest absolute Gasteiger partial charge is 0.507 e. The van der Waals surface area contributed by atoms with E-state index in [1.165, 1.54) is 5.56 Å². The van der Waals surface area contributed by atoms with Crippen LogP contribution in [0.3, 0.4) is 0 Å². The number of ketones is 1. The molecule has 0 aliphatic carbocycles. The van der Waals surface area contributed by atoms with E-state index in [-0.39, 0.29) is 17.4 Å². The maximum atomic E-state index is 13.1. The van der Waals surface area contributed by atoms with Crippen LogP contribution in [-0.4, -0.2) is 41.0 Å². The molecule has 0 aromatic heterocycles. The van der Waals surface area contributed by atoms with Crippen molar-refractivity contribution in [3.8, 4) is 0 Å². The van der Waals surface area contributed by atoms with Crippen molar-refractivity contribution in [3.63, 3.8) is 0 Å². The number of benzene rings is 2. The van der Waals surface area contributed by atoms with Crippen molar-refractivity contribution >= 4 is 17.4 Å². The summed E-state index contributed by atoms with van der Waals surface area (Å²) in [6, 6.07) is 14.8. The van der Waals surface area contributed by atoms with Gasteiger partial charge in [0.15, 0.2) is 0 Å². The molecule has 31 heavy (non-hydrogen) atoms. The first-order valence-electron chi connectivity index (χ1n) is 11.1. The quantitative estimate of drug-likeness (QED) is 0.428. The summed E-state index contributed by atoms with van der Waals surface area (Å²) in [6.07, 6.45) is 3.52. The lowest BCUT2D eigenvalue weighted by Gasteiger charge is -2.27. The average Bonchev–Trinajstić information content (AvgIpc) is 3.41. The van der Waals surface area contributed by atoms with Crippen LogP contribution in [0.1, 0.15) is 55.0 Å². The zero-order valence-electron chi connectivity index (χ0n) is 18.1. The van der Waals surface area contributed by atoms with Gasteiger partial charge in [-0.05, 0) is 42.4 Å². The van der Waals surface area contributed by atoms with Gasteiger partial charge in [-0.3, -0.25) is 9.59 Å². The third kappa shape index (κ3) is 4.15. The summed E-state index contributed by atoms with van der Waals surface area (Å²) in [6.45, 7) is 5.16. The van der Waals surface area contributed by atoms with E-state index < -0.39 is 17.7 Å². The fourth-order valence-corrected chi connectivity index (χ4v) is 4.41. The molecule has 0 radical (unpaired) electrons. The molecule has 162 valence electrons. The molecule has 2 atom stereocenters. The number of hydrogen-bond acceptors (Lipinski definition) is 4. The Bertz CT molecular complexity index is 985. The van der Waals surface area contributed by atoms with Gasteiger partial charge in [0.05, 0.1) is 17.7 Å². The normalized spacial score (nSPS) is 23.0. The molecule has 1 amide bonds. The fraction of sp³-hybridized carbons (Fsp3) is 0.385. The van der Waals surface area contributed by atoms with Gasteiger partial charge in [0.2, 0.25) is 0 Å². The Morgan fingerprint density at radius 1 is 1.00 bits per heavy atom. The average molecular weight is 420 g/mol. The lowest BCUT2D eigenvalue weighted by molar-refractivity contribution is -0.140. The summed E-state index contributed by atoms with van der Waals surface area (Å²) in [4.78, 5) is 27.7. The summed E-state index contributed by atoms with van der Waals surface area (Å²) < 4.78 is 5.74. The SMILES string of the molecule is CCc1ccc(/C(O)=C2/C(=O)C(=O)N(CC3CCCO3)C2c2ccc(CC)cc2)cc1. The minimum Gasteiger partial charge on any atom is -0.507 e. The zero-order valence-corrected chi connectivity index (χ0v) is 18.1. The number of amides is 1. The molecule has 2 heterocycles. The fourth-order valence-electron chi connectivity index (χ4n) is 4.41. The molecule has 0 saturated carbocycles. The van der Waals surface area contributed by atoms with Crippen molar-refractivity contribution in [2.45, 2.75) is 51.7 Å². The smallest absolute Gasteiger partial charge is 0.295 e. The number of Topliss-reactive ketones (excluding diaryl/α,β-unsaturated/α-hetero) is 1. The van der Waals surface area contributed by atoms with Gasteiger partial charge >= 0.3 is 0 Å². The Morgan fingerprint density at radius 3 is 2.16 bits per heavy atom. The molecule has 2 aliphatic rings. The Hall–Kier alpha value is -2.92. The first kappa shape index (κ1) is 21.3. The minimum absolute atomic E-state index is 0.0838. The van der Waals surface area contributed by atoms with E-state index in [1.807, 2.05) is 36.4 Å². The molecule has 1 N–H and O–H groups in total. The van der Waals surface area contributed by atoms with Crippen molar-refractivity contribution in [1.82, 2.24) is 4.90 Å². The summed E-state index contributed by atoms with van der Waals surface area (Å²) in [7, 11) is 0. The molecule has 2 saturated heterocycles. The first-order chi connectivity index (χ1) is 15.0. The van der Waals surface area contributed by atoms with Gasteiger partial charge in [-0.25, -0.2) is 0 Å². The Balaban J connectivity index is 1.79. The van der Waals surface area contributed by atoms with E-state index in [1.54, 1.807) is 17.0 Å². The van der Waals surface area contributed by atoms with Crippen LogP contribution in [0.15, 0.2) is 54.1 Å². The molecule has 2 aliphatic heterocycles. The first-order valence-corrected chi connectivity index (χ1v) is 11.1. The van der Waals surface area contributed by atoms with Gasteiger partial charge in [-0.15, -0.1) is 0 Å². The molecule has 5 nitrogen and oxygen atoms in total. The van der Waals surface area contributed by atoms with E-state index in [2.05, 4.69) is 13.8 Å². The lowest BCUT2D eigenvalue weighted by Crippen LogP contribution is -2.36. The number of nitrogens with zero attached hydrogens (tertiary/aromatic N) is 1. The second-order valence-corrected chi connectivity index (χ2v) is 8.23. The number of carbonyl (C=O) groups excluding carboxylic acids is 2. The highest BCUT2D eigenvalue weighted by atomic mass is 16.5. The van der Waals surface area contributed by atoms with Crippen molar-refractivity contribution in [2.24, 2.45) is 0 Å². The number of rotatable bonds is 6. The highest BCUT2D eigenvalue weighted by Gasteiger charge is 2.47. The molecule has 2 unspecified atom stereocenters. The highest BCUT2D eigenvalue weighted by Crippen LogP contribution is 2.40. The summed E-state index contributed by atoms with van der Waals surface area (Å²) in [5.41, 5.74) is 3.83. The van der Waals surface area contributed by atoms with Crippen molar-refractivity contribution in [1.29, 1.82) is 0 Å². The predicted octanol–water partition coefficient (Wildman–Crippen LogP) is 4.41. The number of ether oxygens (including phenoxy) is 1. The van der Waals surface area contributed by atoms with Crippen LogP contribution in [-0.2, 0) is 27.2 Å². The van der Waals surface area contributed by atoms with Crippen LogP contribution in [0.2, 0.25) is 0 Å². The van der Waals surface area contributed by atoms with Crippen molar-refractivity contribution < 1.29 is 19.4 Å². The molecule has 5 heteroatoms. The molecular weight excluding hydrogens is 390 g/mol. The van der Waals surface area contributed by atoms with E-state index in [9.17, 15) is 14.7 Å². The topological polar surface area (TPSA) is 66.8 Å². The number of aryl methyl sites for hydroxylation is 2. The predicted molar refractivity (Wildman–Crippen MR) is 120 cm³/mol. The lowest BCUT2D eigenvalue weighted by atomic mass is 9.94. The van der Waals surface area contributed by atoms with Gasteiger partial charge in [-0.1, -0.05) is 62.4 Å². The zero-order chi connectivity index (χ0) is 22.0. The van der Waals surface area contributed by atoms with Crippen LogP contribution in [0.25, 0.3) is 5.76 Å². The summed E-state index contributed by atoms with van der Waals surface area (Å²) in [5, 5.41) is 11.1. The molecule has 0 spiro atoms. The van der Waals surface area contributed by atoms with E-state index in [4.69, 9.17) is 4.74 Å². The number of hydrogen-bond donors (Lipinski definition) is 1. The number of likely N-dealkylation sites (tertiary alicyclic amines) is 1. The molecular formula is C26H29NO4. The summed E-state index contributed by atoms with van der Waals surface area (Å²) in [5.74, 6) is -1.34. The number of aliphatic hydroxyl groups excluding tert-OH is 1. The molecule has 0 bridgehead atoms. The van der Waals surface area contributed by atoms with Crippen molar-refractivity contribution in [2.75, 3.05) is 13.2 Å². The van der Waals surface area contributed by atoms with Gasteiger partial charge in [0.25, 0.3) is 11.7 Å². The number of carbonyl (C=O) groups is 2. The van der Waals surface area contributed by atoms with E-state index in [0.717, 1.165) is 36.8 Å². The number of aliphatic hydroxyl groups is 1. The Morgan fingerprint density at radius 2 is 1.61 bits per heavy atom. The van der Waals surface area contributed by atoms with Crippen LogP contribution in [0, 0.1) is 0 Å². The van der Waals surface area contributed by atoms with E-state index >= 15 is 0 Å². The molecule has 2 fully saturated rings. The van der Waals surface area contributed by atoms with Gasteiger partial charge < -0.3 is 14.7 Å². The molecule has 2 aromatic carbocycles. The second-order valence-electron chi connectivity index (χ2n) is 8.23. The summed E-state index contributed by atoms with van der Waals surface area (Å²) >= 11 is 0. The Labute approximate surface area is 183 Å². The third-order valence-electron chi connectivity index (χ3n) is 6.30. The van der Waals surface area contributed by atoms with Gasteiger partial charge in [0.1, 0.15) is 5.76 Å². The van der Waals surface area contributed by atoms with Gasteiger partial charge in [-0.2, -0.15) is 0 Å². The maximum Gasteiger partial charge on any atom is 0.295 e. The second kappa shape index (κ2) is 9.06. The minimum atomic E-state index is -0.639. The van der Waals surface area contributed by atoms with Crippen LogP contribution >= 0.6 is 0 Å². The van der Waals surface area contributed by atoms with Crippen LogP contribution < -0.4 is 0 Å². The third-order valence-corrected chi connectivity index (χ3v) is 6.30. The highest BCUT2D eigenvalue weighted by molar-refractivity contribution is 6.46. The van der Waals surface area contributed by atoms with Crippen LogP contribution in [0.4, 0.5) is 0 Å². The van der Waals surface area contributed by atoms with Crippen LogP contribution in [0.5, 0.6) is 0 Å². The molecule has 4 rings (SSSR count). The monoisotopic (exact) mass is 419 g/mol. The standard InChI is InChI=1S/C26H29NO4/c1-3-17-7-11-19(12-8-17)23-22(24(28)20-13-9-18(4-2)10-14-20)25(29)26(30)27(23)16-21-6-5-15-31-21/h7-14,21,23,28H,3-6,15-16H2,1-2H3/b24-22-.